The Hall–Kier alpha value is -1.64. The molecule has 2 rings (SSSR count). The van der Waals surface area contributed by atoms with Gasteiger partial charge in [0.1, 0.15) is 0 Å². The highest BCUT2D eigenvalue weighted by molar-refractivity contribution is 5.96. The van der Waals surface area contributed by atoms with Crippen LogP contribution in [0.2, 0.25) is 0 Å². The van der Waals surface area contributed by atoms with Crippen molar-refractivity contribution in [3.8, 4) is 0 Å². The molecule has 3 nitrogen and oxygen atoms in total. The van der Waals surface area contributed by atoms with Crippen molar-refractivity contribution < 1.29 is 14.3 Å². The third kappa shape index (κ3) is 2.38. The predicted octanol–water partition coefficient (Wildman–Crippen LogP) is 2.52. The molecule has 0 saturated carbocycles. The zero-order valence-corrected chi connectivity index (χ0v) is 10.1. The minimum Gasteiger partial charge on any atom is -0.393 e. The first-order valence-corrected chi connectivity index (χ1v) is 5.90. The fraction of sp³-hybridized carbons (Fsp3) is 0.429. The third-order valence-electron chi connectivity index (χ3n) is 3.46. The molecule has 1 saturated heterocycles. The maximum Gasteiger partial charge on any atom is 0.317 e. The summed E-state index contributed by atoms with van der Waals surface area (Å²) in [7, 11) is 0. The van der Waals surface area contributed by atoms with Crippen LogP contribution >= 0.6 is 0 Å². The van der Waals surface area contributed by atoms with Gasteiger partial charge < -0.3 is 4.74 Å². The molecule has 0 aliphatic carbocycles. The van der Waals surface area contributed by atoms with E-state index in [4.69, 9.17) is 0 Å². The van der Waals surface area contributed by atoms with Crippen LogP contribution in [-0.2, 0) is 14.3 Å². The van der Waals surface area contributed by atoms with Crippen molar-refractivity contribution in [3.05, 3.63) is 35.9 Å². The van der Waals surface area contributed by atoms with E-state index in [9.17, 15) is 9.59 Å². The van der Waals surface area contributed by atoms with Crippen molar-refractivity contribution in [2.75, 3.05) is 0 Å². The van der Waals surface area contributed by atoms with Crippen LogP contribution in [0.5, 0.6) is 0 Å². The molecule has 90 valence electrons. The van der Waals surface area contributed by atoms with Gasteiger partial charge in [0.25, 0.3) is 0 Å². The number of hydrogen-bond donors (Lipinski definition) is 0. The van der Waals surface area contributed by atoms with Gasteiger partial charge in [-0.05, 0) is 17.9 Å². The van der Waals surface area contributed by atoms with Gasteiger partial charge in [0, 0.05) is 0 Å². The fourth-order valence-corrected chi connectivity index (χ4v) is 2.24. The van der Waals surface area contributed by atoms with Crippen molar-refractivity contribution in [1.29, 1.82) is 0 Å². The molecule has 3 heteroatoms. The second-order valence-corrected chi connectivity index (χ2v) is 4.68. The summed E-state index contributed by atoms with van der Waals surface area (Å²) in [6.45, 7) is 3.83. The van der Waals surface area contributed by atoms with Gasteiger partial charge >= 0.3 is 11.9 Å². The highest BCUT2D eigenvalue weighted by atomic mass is 16.6. The Kier molecular flexibility index (Phi) is 3.27. The van der Waals surface area contributed by atoms with Crippen LogP contribution in [0.15, 0.2) is 30.3 Å². The number of rotatable bonds is 3. The molecule has 1 aliphatic heterocycles. The molecule has 0 radical (unpaired) electrons. The van der Waals surface area contributed by atoms with Crippen LogP contribution in [0.25, 0.3) is 0 Å². The maximum atomic E-state index is 11.5. The fourth-order valence-electron chi connectivity index (χ4n) is 2.24. The molecule has 17 heavy (non-hydrogen) atoms. The quantitative estimate of drug-likeness (QED) is 0.594. The molecule has 0 spiro atoms. The molecule has 0 aromatic heterocycles. The van der Waals surface area contributed by atoms with Crippen LogP contribution in [-0.4, -0.2) is 11.9 Å². The Bertz CT molecular complexity index is 424. The van der Waals surface area contributed by atoms with Crippen molar-refractivity contribution >= 4 is 11.9 Å². The summed E-state index contributed by atoms with van der Waals surface area (Å²) in [5, 5.41) is 0. The minimum atomic E-state index is -0.389. The topological polar surface area (TPSA) is 43.4 Å². The van der Waals surface area contributed by atoms with E-state index in [0.717, 1.165) is 0 Å². The van der Waals surface area contributed by atoms with E-state index in [1.165, 1.54) is 5.56 Å². The number of ether oxygens (including phenoxy) is 1. The van der Waals surface area contributed by atoms with Gasteiger partial charge in [0.05, 0.1) is 11.8 Å². The summed E-state index contributed by atoms with van der Waals surface area (Å²) in [6.07, 6.45) is 0.662. The zero-order valence-electron chi connectivity index (χ0n) is 10.1. The first-order chi connectivity index (χ1) is 8.09. The molecule has 3 atom stereocenters. The molecule has 1 heterocycles. The molecule has 0 amide bonds. The average molecular weight is 232 g/mol. The highest BCUT2D eigenvalue weighted by Crippen LogP contribution is 2.32. The molecule has 0 N–H and O–H groups in total. The predicted molar refractivity (Wildman–Crippen MR) is 63.2 cm³/mol. The molecular formula is C14H16O3. The van der Waals surface area contributed by atoms with E-state index < -0.39 is 0 Å². The molecule has 1 aliphatic rings. The number of carbonyl (C=O) groups excluding carboxylic acids is 2. The number of cyclic esters (lactones) is 2. The minimum absolute atomic E-state index is 0.252. The van der Waals surface area contributed by atoms with Gasteiger partial charge in [-0.3, -0.25) is 9.59 Å². The third-order valence-corrected chi connectivity index (χ3v) is 3.46. The first-order valence-electron chi connectivity index (χ1n) is 5.90. The Morgan fingerprint density at radius 1 is 1.18 bits per heavy atom. The van der Waals surface area contributed by atoms with E-state index in [2.05, 4.69) is 11.7 Å². The summed E-state index contributed by atoms with van der Waals surface area (Å²) in [4.78, 5) is 22.8. The van der Waals surface area contributed by atoms with Gasteiger partial charge in [-0.25, -0.2) is 0 Å². The van der Waals surface area contributed by atoms with Crippen LogP contribution < -0.4 is 0 Å². The van der Waals surface area contributed by atoms with E-state index in [-0.39, 0.29) is 29.7 Å². The number of hydrogen-bond acceptors (Lipinski definition) is 3. The largest absolute Gasteiger partial charge is 0.393 e. The standard InChI is InChI=1S/C14H16O3/c1-9(11-6-4-3-5-7-11)8-12-10(2)13(15)17-14(12)16/h3-7,9-10,12H,8H2,1-2H3. The molecule has 1 fully saturated rings. The molecule has 3 unspecified atom stereocenters. The van der Waals surface area contributed by atoms with Gasteiger partial charge in [-0.1, -0.05) is 44.2 Å². The summed E-state index contributed by atoms with van der Waals surface area (Å²) < 4.78 is 4.64. The molecule has 1 aromatic rings. The summed E-state index contributed by atoms with van der Waals surface area (Å²) in [5.41, 5.74) is 1.19. The molecular weight excluding hydrogens is 216 g/mol. The van der Waals surface area contributed by atoms with E-state index in [1.807, 2.05) is 30.3 Å². The highest BCUT2D eigenvalue weighted by Gasteiger charge is 2.41. The Morgan fingerprint density at radius 2 is 1.82 bits per heavy atom. The normalized spacial score (nSPS) is 25.8. The van der Waals surface area contributed by atoms with Crippen LogP contribution in [0.3, 0.4) is 0 Å². The zero-order chi connectivity index (χ0) is 12.4. The lowest BCUT2D eigenvalue weighted by molar-refractivity contribution is -0.153. The van der Waals surface area contributed by atoms with Crippen molar-refractivity contribution in [1.82, 2.24) is 0 Å². The van der Waals surface area contributed by atoms with Gasteiger partial charge in [0.15, 0.2) is 0 Å². The first kappa shape index (κ1) is 11.8. The summed E-state index contributed by atoms with van der Waals surface area (Å²) >= 11 is 0. The van der Waals surface area contributed by atoms with Crippen LogP contribution in [0, 0.1) is 11.8 Å². The Balaban J connectivity index is 2.07. The van der Waals surface area contributed by atoms with Gasteiger partial charge in [-0.15, -0.1) is 0 Å². The molecule has 0 bridgehead atoms. The van der Waals surface area contributed by atoms with Crippen molar-refractivity contribution in [2.24, 2.45) is 11.8 Å². The summed E-state index contributed by atoms with van der Waals surface area (Å²) in [6, 6.07) is 10.0. The SMILES string of the molecule is CC(CC1C(=O)OC(=O)C1C)c1ccccc1. The number of carbonyl (C=O) groups is 2. The van der Waals surface area contributed by atoms with E-state index >= 15 is 0 Å². The Labute approximate surface area is 101 Å². The summed E-state index contributed by atoms with van der Waals surface area (Å²) in [5.74, 6) is -1.11. The lowest BCUT2D eigenvalue weighted by atomic mass is 9.85. The maximum absolute atomic E-state index is 11.5. The number of benzene rings is 1. The van der Waals surface area contributed by atoms with Gasteiger partial charge in [-0.2, -0.15) is 0 Å². The molecule has 1 aromatic carbocycles. The van der Waals surface area contributed by atoms with Crippen LogP contribution in [0.4, 0.5) is 0 Å². The Morgan fingerprint density at radius 3 is 2.35 bits per heavy atom. The number of esters is 2. The van der Waals surface area contributed by atoms with Crippen molar-refractivity contribution in [2.45, 2.75) is 26.2 Å². The van der Waals surface area contributed by atoms with E-state index in [1.54, 1.807) is 6.92 Å². The van der Waals surface area contributed by atoms with Gasteiger partial charge in [0.2, 0.25) is 0 Å². The average Bonchev–Trinajstić information content (AvgIpc) is 2.57. The van der Waals surface area contributed by atoms with Crippen molar-refractivity contribution in [3.63, 3.8) is 0 Å². The lowest BCUT2D eigenvalue weighted by Crippen LogP contribution is -2.17. The van der Waals surface area contributed by atoms with Crippen LogP contribution in [0.1, 0.15) is 31.7 Å². The second-order valence-electron chi connectivity index (χ2n) is 4.68. The lowest BCUT2D eigenvalue weighted by Gasteiger charge is -2.16. The smallest absolute Gasteiger partial charge is 0.317 e. The second kappa shape index (κ2) is 4.70. The monoisotopic (exact) mass is 232 g/mol. The van der Waals surface area contributed by atoms with E-state index in [0.29, 0.717) is 6.42 Å².